The van der Waals surface area contributed by atoms with E-state index in [4.69, 9.17) is 4.74 Å². The van der Waals surface area contributed by atoms with Gasteiger partial charge >= 0.3 is 6.16 Å². The first-order chi connectivity index (χ1) is 5.52. The second kappa shape index (κ2) is 5.01. The summed E-state index contributed by atoms with van der Waals surface area (Å²) in [5.41, 5.74) is -0.400. The Bertz CT molecular complexity index is 141. The number of ether oxygens (including phenoxy) is 2. The highest BCUT2D eigenvalue weighted by Crippen LogP contribution is 2.18. The summed E-state index contributed by atoms with van der Waals surface area (Å²) in [6.45, 7) is 5.88. The third kappa shape index (κ3) is 4.99. The molecule has 0 heterocycles. The fraction of sp³-hybridized carbons (Fsp3) is 0.889. The summed E-state index contributed by atoms with van der Waals surface area (Å²) < 4.78 is 9.43. The molecule has 0 aliphatic carbocycles. The predicted molar refractivity (Wildman–Crippen MR) is 47.1 cm³/mol. The summed E-state index contributed by atoms with van der Waals surface area (Å²) in [6, 6.07) is 0. The van der Waals surface area contributed by atoms with Crippen molar-refractivity contribution in [2.45, 2.75) is 45.6 Å². The minimum Gasteiger partial charge on any atom is -0.438 e. The van der Waals surface area contributed by atoms with E-state index in [0.29, 0.717) is 0 Å². The molecule has 0 amide bonds. The van der Waals surface area contributed by atoms with Crippen LogP contribution in [0.5, 0.6) is 0 Å². The van der Waals surface area contributed by atoms with Gasteiger partial charge in [0.25, 0.3) is 0 Å². The Morgan fingerprint density at radius 1 is 1.42 bits per heavy atom. The van der Waals surface area contributed by atoms with Gasteiger partial charge in [0, 0.05) is 0 Å². The Kier molecular flexibility index (Phi) is 4.71. The van der Waals surface area contributed by atoms with Crippen molar-refractivity contribution in [2.75, 3.05) is 7.11 Å². The molecule has 0 rings (SSSR count). The molecule has 0 N–H and O–H groups in total. The zero-order valence-electron chi connectivity index (χ0n) is 8.35. The molecule has 0 aliphatic heterocycles. The van der Waals surface area contributed by atoms with Gasteiger partial charge in [0.05, 0.1) is 7.11 Å². The van der Waals surface area contributed by atoms with Crippen LogP contribution in [0.1, 0.15) is 40.0 Å². The highest BCUT2D eigenvalue weighted by Gasteiger charge is 2.22. The van der Waals surface area contributed by atoms with Gasteiger partial charge in [-0.15, -0.1) is 0 Å². The van der Waals surface area contributed by atoms with E-state index in [0.717, 1.165) is 19.3 Å². The van der Waals surface area contributed by atoms with E-state index in [1.807, 2.05) is 13.8 Å². The second-order valence-electron chi connectivity index (χ2n) is 3.42. The molecule has 0 bridgehead atoms. The van der Waals surface area contributed by atoms with Crippen LogP contribution < -0.4 is 0 Å². The number of unbranched alkanes of at least 4 members (excludes halogenated alkanes) is 1. The van der Waals surface area contributed by atoms with Crippen LogP contribution in [0.15, 0.2) is 0 Å². The monoisotopic (exact) mass is 174 g/mol. The molecule has 0 aromatic carbocycles. The largest absolute Gasteiger partial charge is 0.508 e. The van der Waals surface area contributed by atoms with Crippen molar-refractivity contribution in [3.63, 3.8) is 0 Å². The third-order valence-corrected chi connectivity index (χ3v) is 1.66. The Morgan fingerprint density at radius 2 is 2.00 bits per heavy atom. The molecule has 0 aromatic rings. The van der Waals surface area contributed by atoms with Gasteiger partial charge in [0.1, 0.15) is 5.60 Å². The summed E-state index contributed by atoms with van der Waals surface area (Å²) in [5, 5.41) is 0. The normalized spacial score (nSPS) is 11.0. The van der Waals surface area contributed by atoms with Gasteiger partial charge in [0.15, 0.2) is 0 Å². The van der Waals surface area contributed by atoms with Crippen molar-refractivity contribution >= 4 is 6.16 Å². The maximum atomic E-state index is 10.7. The van der Waals surface area contributed by atoms with Crippen molar-refractivity contribution in [3.8, 4) is 0 Å². The lowest BCUT2D eigenvalue weighted by Crippen LogP contribution is -2.27. The van der Waals surface area contributed by atoms with E-state index in [1.165, 1.54) is 7.11 Å². The molecule has 72 valence electrons. The van der Waals surface area contributed by atoms with E-state index in [2.05, 4.69) is 11.7 Å². The molecule has 0 saturated heterocycles. The first-order valence-electron chi connectivity index (χ1n) is 4.29. The van der Waals surface area contributed by atoms with Crippen molar-refractivity contribution in [3.05, 3.63) is 0 Å². The SMILES string of the molecule is CCCCC(C)(C)OC(=O)OC. The van der Waals surface area contributed by atoms with Crippen LogP contribution in [-0.2, 0) is 9.47 Å². The smallest absolute Gasteiger partial charge is 0.438 e. The van der Waals surface area contributed by atoms with Crippen LogP contribution in [0.3, 0.4) is 0 Å². The second-order valence-corrected chi connectivity index (χ2v) is 3.42. The first-order valence-corrected chi connectivity index (χ1v) is 4.29. The Hall–Kier alpha value is -0.730. The maximum Gasteiger partial charge on any atom is 0.508 e. The van der Waals surface area contributed by atoms with Crippen molar-refractivity contribution in [1.82, 2.24) is 0 Å². The summed E-state index contributed by atoms with van der Waals surface area (Å²) in [4.78, 5) is 10.7. The quantitative estimate of drug-likeness (QED) is 0.615. The highest BCUT2D eigenvalue weighted by molar-refractivity contribution is 5.60. The zero-order chi connectivity index (χ0) is 9.61. The molecular weight excluding hydrogens is 156 g/mol. The number of methoxy groups -OCH3 is 1. The Balaban J connectivity index is 3.77. The Morgan fingerprint density at radius 3 is 2.42 bits per heavy atom. The summed E-state index contributed by atoms with van der Waals surface area (Å²) in [7, 11) is 1.32. The molecule has 3 nitrogen and oxygen atoms in total. The molecule has 0 atom stereocenters. The molecule has 3 heteroatoms. The number of rotatable bonds is 4. The number of hydrogen-bond donors (Lipinski definition) is 0. The Labute approximate surface area is 74.0 Å². The van der Waals surface area contributed by atoms with Crippen LogP contribution in [0.4, 0.5) is 4.79 Å². The van der Waals surface area contributed by atoms with Gasteiger partial charge in [-0.1, -0.05) is 13.3 Å². The molecule has 0 spiro atoms. The van der Waals surface area contributed by atoms with Gasteiger partial charge in [-0.05, 0) is 26.7 Å². The van der Waals surface area contributed by atoms with Crippen molar-refractivity contribution in [2.24, 2.45) is 0 Å². The molecular formula is C9H18O3. The van der Waals surface area contributed by atoms with Crippen molar-refractivity contribution in [1.29, 1.82) is 0 Å². The van der Waals surface area contributed by atoms with Crippen LogP contribution >= 0.6 is 0 Å². The third-order valence-electron chi connectivity index (χ3n) is 1.66. The molecule has 0 aliphatic rings. The van der Waals surface area contributed by atoms with Gasteiger partial charge < -0.3 is 9.47 Å². The number of carbonyl (C=O) groups excluding carboxylic acids is 1. The van der Waals surface area contributed by atoms with Crippen LogP contribution in [-0.4, -0.2) is 18.9 Å². The van der Waals surface area contributed by atoms with Gasteiger partial charge in [-0.25, -0.2) is 4.79 Å². The van der Waals surface area contributed by atoms with Crippen molar-refractivity contribution < 1.29 is 14.3 Å². The van der Waals surface area contributed by atoms with Crippen LogP contribution in [0.25, 0.3) is 0 Å². The summed E-state index contributed by atoms with van der Waals surface area (Å²) in [6.07, 6.45) is 2.44. The van der Waals surface area contributed by atoms with E-state index in [1.54, 1.807) is 0 Å². The molecule has 0 radical (unpaired) electrons. The first kappa shape index (κ1) is 11.3. The minimum atomic E-state index is -0.601. The molecule has 0 unspecified atom stereocenters. The lowest BCUT2D eigenvalue weighted by atomic mass is 10.0. The van der Waals surface area contributed by atoms with Gasteiger partial charge in [-0.2, -0.15) is 0 Å². The van der Waals surface area contributed by atoms with E-state index < -0.39 is 11.8 Å². The number of carbonyl (C=O) groups is 1. The molecule has 0 saturated carbocycles. The minimum absolute atomic E-state index is 0.400. The average molecular weight is 174 g/mol. The highest BCUT2D eigenvalue weighted by atomic mass is 16.7. The fourth-order valence-electron chi connectivity index (χ4n) is 0.921. The topological polar surface area (TPSA) is 35.5 Å². The summed E-state index contributed by atoms with van der Waals surface area (Å²) in [5.74, 6) is 0. The standard InChI is InChI=1S/C9H18O3/c1-5-6-7-9(2,3)12-8(10)11-4/h5-7H2,1-4H3. The van der Waals surface area contributed by atoms with Crippen LogP contribution in [0, 0.1) is 0 Å². The average Bonchev–Trinajstić information content (AvgIpc) is 2.00. The predicted octanol–water partition coefficient (Wildman–Crippen LogP) is 2.74. The molecule has 0 aromatic heterocycles. The lowest BCUT2D eigenvalue weighted by molar-refractivity contribution is -0.0121. The molecule has 0 fully saturated rings. The zero-order valence-corrected chi connectivity index (χ0v) is 8.35. The fourth-order valence-corrected chi connectivity index (χ4v) is 0.921. The lowest BCUT2D eigenvalue weighted by Gasteiger charge is -2.23. The maximum absolute atomic E-state index is 10.7. The van der Waals surface area contributed by atoms with Crippen LogP contribution in [0.2, 0.25) is 0 Å². The molecule has 12 heavy (non-hydrogen) atoms. The summed E-state index contributed by atoms with van der Waals surface area (Å²) >= 11 is 0. The van der Waals surface area contributed by atoms with Gasteiger partial charge in [0.2, 0.25) is 0 Å². The van der Waals surface area contributed by atoms with E-state index >= 15 is 0 Å². The van der Waals surface area contributed by atoms with E-state index in [9.17, 15) is 4.79 Å². The van der Waals surface area contributed by atoms with E-state index in [-0.39, 0.29) is 0 Å². The van der Waals surface area contributed by atoms with Gasteiger partial charge in [-0.3, -0.25) is 0 Å². The number of hydrogen-bond acceptors (Lipinski definition) is 3.